The molecule has 1 amide bonds. The van der Waals surface area contributed by atoms with Crippen molar-refractivity contribution in [2.45, 2.75) is 39.0 Å². The fraction of sp³-hybridized carbons (Fsp3) is 0.381. The Hall–Kier alpha value is -1.36. The van der Waals surface area contributed by atoms with Crippen molar-refractivity contribution < 1.29 is 9.53 Å². The number of benzene rings is 2. The van der Waals surface area contributed by atoms with Gasteiger partial charge in [0.1, 0.15) is 5.75 Å². The van der Waals surface area contributed by atoms with Crippen LogP contribution in [0.2, 0.25) is 10.0 Å². The number of thioether (sulfide) groups is 1. The first-order chi connectivity index (χ1) is 12.9. The molecular formula is C21H25Cl2NO2S. The van der Waals surface area contributed by atoms with Crippen LogP contribution in [0, 0.1) is 13.8 Å². The Bertz CT molecular complexity index is 783. The van der Waals surface area contributed by atoms with Crippen LogP contribution in [0.25, 0.3) is 0 Å². The van der Waals surface area contributed by atoms with Gasteiger partial charge in [-0.25, -0.2) is 0 Å². The maximum Gasteiger partial charge on any atom is 0.261 e. The molecule has 0 spiro atoms. The fourth-order valence-corrected chi connectivity index (χ4v) is 3.93. The van der Waals surface area contributed by atoms with Gasteiger partial charge in [-0.1, -0.05) is 48.3 Å². The number of carbonyl (C=O) groups excluding carboxylic acids is 1. The molecule has 146 valence electrons. The fourth-order valence-electron chi connectivity index (χ4n) is 2.51. The maximum absolute atomic E-state index is 12.4. The van der Waals surface area contributed by atoms with Crippen LogP contribution in [0.1, 0.15) is 30.0 Å². The summed E-state index contributed by atoms with van der Waals surface area (Å²) >= 11 is 13.8. The molecule has 0 fully saturated rings. The lowest BCUT2D eigenvalue weighted by Gasteiger charge is -2.19. The zero-order valence-corrected chi connectivity index (χ0v) is 18.2. The molecule has 0 aliphatic heterocycles. The second kappa shape index (κ2) is 10.8. The van der Waals surface area contributed by atoms with E-state index in [0.717, 1.165) is 33.9 Å². The molecule has 0 aromatic heterocycles. The van der Waals surface area contributed by atoms with Crippen LogP contribution in [0.15, 0.2) is 36.4 Å². The molecule has 2 aromatic rings. The number of amides is 1. The van der Waals surface area contributed by atoms with Crippen LogP contribution in [0.4, 0.5) is 0 Å². The standard InChI is InChI=1S/C21H25Cl2NO2S/c1-4-19(26-20-7-5-6-14(2)15(20)3)21(25)24-10-11-27-13-16-8-9-17(22)12-18(16)23/h5-9,12,19H,4,10-11,13H2,1-3H3,(H,24,25)/t19-/m1/s1. The lowest BCUT2D eigenvalue weighted by Crippen LogP contribution is -2.39. The average Bonchev–Trinajstić information content (AvgIpc) is 2.64. The van der Waals surface area contributed by atoms with Gasteiger partial charge in [0.25, 0.3) is 5.91 Å². The molecule has 2 rings (SSSR count). The molecule has 3 nitrogen and oxygen atoms in total. The number of halogens is 2. The molecule has 0 heterocycles. The number of hydrogen-bond donors (Lipinski definition) is 1. The van der Waals surface area contributed by atoms with Crippen LogP contribution >= 0.6 is 35.0 Å². The number of nitrogens with one attached hydrogen (secondary N) is 1. The van der Waals surface area contributed by atoms with E-state index in [2.05, 4.69) is 5.32 Å². The van der Waals surface area contributed by atoms with E-state index in [9.17, 15) is 4.79 Å². The smallest absolute Gasteiger partial charge is 0.261 e. The summed E-state index contributed by atoms with van der Waals surface area (Å²) in [4.78, 5) is 12.4. The van der Waals surface area contributed by atoms with Crippen molar-refractivity contribution in [3.63, 3.8) is 0 Å². The molecule has 6 heteroatoms. The van der Waals surface area contributed by atoms with E-state index in [-0.39, 0.29) is 5.91 Å². The van der Waals surface area contributed by atoms with Crippen LogP contribution in [0.5, 0.6) is 5.75 Å². The number of aryl methyl sites for hydroxylation is 1. The molecule has 0 unspecified atom stereocenters. The summed E-state index contributed by atoms with van der Waals surface area (Å²) < 4.78 is 5.94. The minimum atomic E-state index is -0.485. The van der Waals surface area contributed by atoms with Crippen molar-refractivity contribution in [3.05, 3.63) is 63.1 Å². The van der Waals surface area contributed by atoms with Gasteiger partial charge in [0.15, 0.2) is 6.10 Å². The van der Waals surface area contributed by atoms with Crippen molar-refractivity contribution in [3.8, 4) is 5.75 Å². The van der Waals surface area contributed by atoms with Crippen molar-refractivity contribution in [2.75, 3.05) is 12.3 Å². The predicted octanol–water partition coefficient (Wildman–Crippen LogP) is 5.82. The highest BCUT2D eigenvalue weighted by Crippen LogP contribution is 2.25. The van der Waals surface area contributed by atoms with E-state index in [4.69, 9.17) is 27.9 Å². The first kappa shape index (κ1) is 21.9. The number of hydrogen-bond acceptors (Lipinski definition) is 3. The number of rotatable bonds is 9. The minimum absolute atomic E-state index is 0.0801. The molecule has 1 atom stereocenters. The Kier molecular flexibility index (Phi) is 8.81. The summed E-state index contributed by atoms with van der Waals surface area (Å²) in [7, 11) is 0. The molecule has 27 heavy (non-hydrogen) atoms. The Morgan fingerprint density at radius 3 is 2.70 bits per heavy atom. The van der Waals surface area contributed by atoms with Crippen LogP contribution in [-0.4, -0.2) is 24.3 Å². The van der Waals surface area contributed by atoms with E-state index in [1.54, 1.807) is 17.8 Å². The second-order valence-corrected chi connectivity index (χ2v) is 8.24. The number of ether oxygens (including phenoxy) is 1. The van der Waals surface area contributed by atoms with Gasteiger partial charge in [-0.3, -0.25) is 4.79 Å². The van der Waals surface area contributed by atoms with Crippen molar-refractivity contribution in [1.82, 2.24) is 5.32 Å². The zero-order valence-electron chi connectivity index (χ0n) is 15.9. The molecule has 0 aliphatic carbocycles. The monoisotopic (exact) mass is 425 g/mol. The van der Waals surface area contributed by atoms with Gasteiger partial charge in [0, 0.05) is 28.1 Å². The van der Waals surface area contributed by atoms with E-state index in [0.29, 0.717) is 23.0 Å². The summed E-state index contributed by atoms with van der Waals surface area (Å²) in [5.41, 5.74) is 3.27. The Morgan fingerprint density at radius 2 is 2.00 bits per heavy atom. The summed E-state index contributed by atoms with van der Waals surface area (Å²) in [5, 5.41) is 4.27. The predicted molar refractivity (Wildman–Crippen MR) is 116 cm³/mol. The van der Waals surface area contributed by atoms with Crippen molar-refractivity contribution in [2.24, 2.45) is 0 Å². The van der Waals surface area contributed by atoms with Gasteiger partial charge in [-0.15, -0.1) is 0 Å². The summed E-state index contributed by atoms with van der Waals surface area (Å²) in [6, 6.07) is 11.4. The molecule has 0 saturated carbocycles. The molecule has 1 N–H and O–H groups in total. The van der Waals surface area contributed by atoms with E-state index in [1.807, 2.05) is 51.1 Å². The molecular weight excluding hydrogens is 401 g/mol. The minimum Gasteiger partial charge on any atom is -0.480 e. The van der Waals surface area contributed by atoms with Crippen molar-refractivity contribution in [1.29, 1.82) is 0 Å². The average molecular weight is 426 g/mol. The number of carbonyl (C=O) groups is 1. The van der Waals surface area contributed by atoms with Gasteiger partial charge in [-0.2, -0.15) is 11.8 Å². The molecule has 0 aliphatic rings. The summed E-state index contributed by atoms with van der Waals surface area (Å²) in [5.74, 6) is 2.26. The summed E-state index contributed by atoms with van der Waals surface area (Å²) in [6.07, 6.45) is 0.133. The van der Waals surface area contributed by atoms with Gasteiger partial charge < -0.3 is 10.1 Å². The molecule has 2 aromatic carbocycles. The van der Waals surface area contributed by atoms with Gasteiger partial charge in [0.2, 0.25) is 0 Å². The first-order valence-corrected chi connectivity index (χ1v) is 10.9. The third-order valence-electron chi connectivity index (χ3n) is 4.31. The highest BCUT2D eigenvalue weighted by Gasteiger charge is 2.19. The van der Waals surface area contributed by atoms with Gasteiger partial charge in [-0.05, 0) is 55.2 Å². The summed E-state index contributed by atoms with van der Waals surface area (Å²) in [6.45, 7) is 6.58. The topological polar surface area (TPSA) is 38.3 Å². The maximum atomic E-state index is 12.4. The Labute approximate surface area is 175 Å². The van der Waals surface area contributed by atoms with Crippen LogP contribution < -0.4 is 10.1 Å². The van der Waals surface area contributed by atoms with Crippen molar-refractivity contribution >= 4 is 40.9 Å². The van der Waals surface area contributed by atoms with Crippen LogP contribution in [0.3, 0.4) is 0 Å². The lowest BCUT2D eigenvalue weighted by atomic mass is 10.1. The molecule has 0 bridgehead atoms. The first-order valence-electron chi connectivity index (χ1n) is 8.94. The highest BCUT2D eigenvalue weighted by molar-refractivity contribution is 7.98. The largest absolute Gasteiger partial charge is 0.480 e. The second-order valence-electron chi connectivity index (χ2n) is 6.29. The van der Waals surface area contributed by atoms with E-state index in [1.165, 1.54) is 0 Å². The highest BCUT2D eigenvalue weighted by atomic mass is 35.5. The van der Waals surface area contributed by atoms with Gasteiger partial charge >= 0.3 is 0 Å². The van der Waals surface area contributed by atoms with Crippen LogP contribution in [-0.2, 0) is 10.5 Å². The quantitative estimate of drug-likeness (QED) is 0.514. The normalized spacial score (nSPS) is 11.9. The third kappa shape index (κ3) is 6.63. The molecule has 0 saturated heterocycles. The van der Waals surface area contributed by atoms with E-state index < -0.39 is 6.10 Å². The lowest BCUT2D eigenvalue weighted by molar-refractivity contribution is -0.128. The molecule has 0 radical (unpaired) electrons. The zero-order chi connectivity index (χ0) is 19.8. The Balaban J connectivity index is 1.77. The van der Waals surface area contributed by atoms with E-state index >= 15 is 0 Å². The van der Waals surface area contributed by atoms with Gasteiger partial charge in [0.05, 0.1) is 0 Å². The Morgan fingerprint density at radius 1 is 1.22 bits per heavy atom. The third-order valence-corrected chi connectivity index (χ3v) is 5.90. The SMILES string of the molecule is CC[C@@H](Oc1cccc(C)c1C)C(=O)NCCSCc1ccc(Cl)cc1Cl.